The minimum Gasteiger partial charge on any atom is -0.490 e. The van der Waals surface area contributed by atoms with Crippen molar-refractivity contribution in [1.29, 1.82) is 0 Å². The molecule has 1 rings (SSSR count). The first-order valence-electron chi connectivity index (χ1n) is 18.5. The molecule has 0 aliphatic heterocycles. The maximum Gasteiger partial charge on any atom is 0.203 e. The van der Waals surface area contributed by atoms with Crippen molar-refractivity contribution in [2.24, 2.45) is 5.92 Å². The number of hydrogen-bond donors (Lipinski definition) is 0. The highest BCUT2D eigenvalue weighted by Crippen LogP contribution is 2.39. The number of benzene rings is 1. The van der Waals surface area contributed by atoms with Crippen molar-refractivity contribution in [3.05, 3.63) is 17.7 Å². The van der Waals surface area contributed by atoms with Crippen LogP contribution in [0.4, 0.5) is 0 Å². The fourth-order valence-electron chi connectivity index (χ4n) is 5.37. The lowest BCUT2D eigenvalue weighted by Gasteiger charge is -2.18. The van der Waals surface area contributed by atoms with Crippen molar-refractivity contribution in [2.45, 2.75) is 169 Å². The van der Waals surface area contributed by atoms with E-state index in [1.54, 1.807) is 0 Å². The van der Waals surface area contributed by atoms with Gasteiger partial charge in [-0.15, -0.1) is 0 Å². The molecule has 0 aromatic heterocycles. The lowest BCUT2D eigenvalue weighted by Crippen LogP contribution is -2.17. The standard InChI is InChI=1S/C40H66O5/c1-6-9-12-15-18-21-24-29-43-38-32-36(27-28-37(34(4)41)35(5)42)33-39(44-30-25-22-19-16-13-10-7-2)40(38)45-31-26-23-20-17-14-11-8-3/h32-33,37H,6-26,29-31H2,1-5H3. The van der Waals surface area contributed by atoms with E-state index in [-0.39, 0.29) is 11.6 Å². The number of ether oxygens (including phenoxy) is 3. The van der Waals surface area contributed by atoms with Crippen LogP contribution >= 0.6 is 0 Å². The molecule has 5 nitrogen and oxygen atoms in total. The molecule has 0 atom stereocenters. The lowest BCUT2D eigenvalue weighted by molar-refractivity contribution is -0.127. The van der Waals surface area contributed by atoms with Gasteiger partial charge in [0.2, 0.25) is 5.75 Å². The van der Waals surface area contributed by atoms with Crippen LogP contribution in [0.3, 0.4) is 0 Å². The lowest BCUT2D eigenvalue weighted by atomic mass is 10.0. The molecule has 256 valence electrons. The summed E-state index contributed by atoms with van der Waals surface area (Å²) < 4.78 is 19.1. The molecule has 0 N–H and O–H groups in total. The Kier molecular flexibility index (Phi) is 25.0. The smallest absolute Gasteiger partial charge is 0.203 e. The normalized spacial score (nSPS) is 10.9. The molecule has 0 unspecified atom stereocenters. The summed E-state index contributed by atoms with van der Waals surface area (Å²) >= 11 is 0. The molecule has 45 heavy (non-hydrogen) atoms. The van der Waals surface area contributed by atoms with E-state index in [1.165, 1.54) is 110 Å². The van der Waals surface area contributed by atoms with Gasteiger partial charge in [-0.25, -0.2) is 0 Å². The number of rotatable bonds is 29. The zero-order valence-corrected chi connectivity index (χ0v) is 29.7. The predicted octanol–water partition coefficient (Wildman–Crippen LogP) is 11.2. The molecule has 0 heterocycles. The van der Waals surface area contributed by atoms with E-state index in [0.29, 0.717) is 42.6 Å². The highest BCUT2D eigenvalue weighted by Gasteiger charge is 2.18. The monoisotopic (exact) mass is 626 g/mol. The highest BCUT2D eigenvalue weighted by molar-refractivity contribution is 6.03. The number of unbranched alkanes of at least 4 members (excludes halogenated alkanes) is 18. The Morgan fingerprint density at radius 1 is 0.533 bits per heavy atom. The van der Waals surface area contributed by atoms with Gasteiger partial charge in [0.15, 0.2) is 23.1 Å². The number of hydrogen-bond acceptors (Lipinski definition) is 5. The Hall–Kier alpha value is -2.48. The number of carbonyl (C=O) groups is 2. The average Bonchev–Trinajstić information content (AvgIpc) is 3.01. The molecule has 1 aromatic carbocycles. The van der Waals surface area contributed by atoms with Gasteiger partial charge in [0, 0.05) is 5.56 Å². The van der Waals surface area contributed by atoms with Gasteiger partial charge in [0.25, 0.3) is 0 Å². The summed E-state index contributed by atoms with van der Waals surface area (Å²) in [4.78, 5) is 24.0. The van der Waals surface area contributed by atoms with Crippen LogP contribution in [-0.4, -0.2) is 31.4 Å². The van der Waals surface area contributed by atoms with Gasteiger partial charge in [0.1, 0.15) is 5.92 Å². The second-order valence-corrected chi connectivity index (χ2v) is 12.6. The second kappa shape index (κ2) is 27.8. The van der Waals surface area contributed by atoms with Gasteiger partial charge < -0.3 is 14.2 Å². The van der Waals surface area contributed by atoms with E-state index in [4.69, 9.17) is 14.2 Å². The van der Waals surface area contributed by atoms with Crippen LogP contribution in [0.25, 0.3) is 0 Å². The van der Waals surface area contributed by atoms with Crippen molar-refractivity contribution in [2.75, 3.05) is 19.8 Å². The van der Waals surface area contributed by atoms with E-state index in [1.807, 2.05) is 12.1 Å². The Bertz CT molecular complexity index is 918. The van der Waals surface area contributed by atoms with Crippen LogP contribution in [0.2, 0.25) is 0 Å². The van der Waals surface area contributed by atoms with Crippen molar-refractivity contribution >= 4 is 11.6 Å². The van der Waals surface area contributed by atoms with Crippen molar-refractivity contribution in [1.82, 2.24) is 0 Å². The third-order valence-corrected chi connectivity index (χ3v) is 8.20. The average molecular weight is 627 g/mol. The maximum absolute atomic E-state index is 12.0. The molecule has 0 radical (unpaired) electrons. The Balaban J connectivity index is 3.08. The number of Topliss-reactive ketones (excluding diaryl/α,β-unsaturated/α-hetero) is 2. The quantitative estimate of drug-likeness (QED) is 0.0503. The van der Waals surface area contributed by atoms with Gasteiger partial charge in [-0.05, 0) is 45.2 Å². The molecule has 0 bridgehead atoms. The Morgan fingerprint density at radius 3 is 1.22 bits per heavy atom. The van der Waals surface area contributed by atoms with Gasteiger partial charge in [-0.3, -0.25) is 9.59 Å². The van der Waals surface area contributed by atoms with E-state index in [9.17, 15) is 9.59 Å². The first-order chi connectivity index (χ1) is 21.9. The molecule has 0 saturated heterocycles. The first kappa shape index (κ1) is 40.5. The van der Waals surface area contributed by atoms with Gasteiger partial charge in [0.05, 0.1) is 19.8 Å². The maximum atomic E-state index is 12.0. The summed E-state index contributed by atoms with van der Waals surface area (Å²) in [5.41, 5.74) is 0.662. The Morgan fingerprint density at radius 2 is 0.867 bits per heavy atom. The van der Waals surface area contributed by atoms with Gasteiger partial charge in [-0.1, -0.05) is 148 Å². The SMILES string of the molecule is CCCCCCCCCOc1cc(C#CC(C(C)=O)C(C)=O)cc(OCCCCCCCCC)c1OCCCCCCCCC. The molecular weight excluding hydrogens is 560 g/mol. The largest absolute Gasteiger partial charge is 0.490 e. The van der Waals surface area contributed by atoms with Gasteiger partial charge >= 0.3 is 0 Å². The summed E-state index contributed by atoms with van der Waals surface area (Å²) in [6.07, 6.45) is 25.5. The van der Waals surface area contributed by atoms with Crippen LogP contribution in [0.1, 0.15) is 175 Å². The summed E-state index contributed by atoms with van der Waals surface area (Å²) in [6, 6.07) is 3.76. The molecule has 0 aliphatic carbocycles. The first-order valence-corrected chi connectivity index (χ1v) is 18.5. The minimum atomic E-state index is -0.924. The molecule has 5 heteroatoms. The van der Waals surface area contributed by atoms with Crippen LogP contribution < -0.4 is 14.2 Å². The van der Waals surface area contributed by atoms with Crippen LogP contribution in [0.15, 0.2) is 12.1 Å². The molecular formula is C40H66O5. The summed E-state index contributed by atoms with van der Waals surface area (Å²) in [5.74, 6) is 6.46. The molecule has 0 saturated carbocycles. The van der Waals surface area contributed by atoms with E-state index < -0.39 is 5.92 Å². The van der Waals surface area contributed by atoms with E-state index in [0.717, 1.165) is 38.5 Å². The van der Waals surface area contributed by atoms with Crippen molar-refractivity contribution in [3.63, 3.8) is 0 Å². The molecule has 0 amide bonds. The molecule has 0 aliphatic rings. The minimum absolute atomic E-state index is 0.240. The molecule has 1 aromatic rings. The number of ketones is 2. The molecule has 0 spiro atoms. The predicted molar refractivity (Wildman–Crippen MR) is 189 cm³/mol. The van der Waals surface area contributed by atoms with Crippen molar-refractivity contribution in [3.8, 4) is 29.1 Å². The third kappa shape index (κ3) is 20.3. The fraction of sp³-hybridized carbons (Fsp3) is 0.750. The topological polar surface area (TPSA) is 61.8 Å². The summed E-state index contributed by atoms with van der Waals surface area (Å²) in [7, 11) is 0. The van der Waals surface area contributed by atoms with Gasteiger partial charge in [-0.2, -0.15) is 0 Å². The van der Waals surface area contributed by atoms with Crippen molar-refractivity contribution < 1.29 is 23.8 Å². The van der Waals surface area contributed by atoms with Crippen LogP contribution in [-0.2, 0) is 9.59 Å². The summed E-state index contributed by atoms with van der Waals surface area (Å²) in [6.45, 7) is 11.4. The number of carbonyl (C=O) groups excluding carboxylic acids is 2. The van der Waals surface area contributed by atoms with E-state index >= 15 is 0 Å². The molecule has 0 fully saturated rings. The second-order valence-electron chi connectivity index (χ2n) is 12.6. The zero-order chi connectivity index (χ0) is 33.0. The Labute approximate surface area is 277 Å². The van der Waals surface area contributed by atoms with Crippen LogP contribution in [0.5, 0.6) is 17.2 Å². The zero-order valence-electron chi connectivity index (χ0n) is 29.7. The highest BCUT2D eigenvalue weighted by atomic mass is 16.5. The fourth-order valence-corrected chi connectivity index (χ4v) is 5.37. The van der Waals surface area contributed by atoms with Crippen LogP contribution in [0, 0.1) is 17.8 Å². The third-order valence-electron chi connectivity index (χ3n) is 8.20. The summed E-state index contributed by atoms with van der Waals surface area (Å²) in [5, 5.41) is 0. The van der Waals surface area contributed by atoms with E-state index in [2.05, 4.69) is 32.6 Å².